The molecule has 0 spiro atoms. The Morgan fingerprint density at radius 2 is 1.88 bits per heavy atom. The zero-order chi connectivity index (χ0) is 17.2. The van der Waals surface area contributed by atoms with Gasteiger partial charge in [0.2, 0.25) is 10.0 Å². The van der Waals surface area contributed by atoms with Gasteiger partial charge in [0.1, 0.15) is 12.4 Å². The molecule has 0 N–H and O–H groups in total. The Morgan fingerprint density at radius 1 is 1.12 bits per heavy atom. The average Bonchev–Trinajstić information content (AvgIpc) is 3.05. The van der Waals surface area contributed by atoms with Crippen LogP contribution in [-0.4, -0.2) is 44.2 Å². The normalized spacial score (nSPS) is 18.3. The summed E-state index contributed by atoms with van der Waals surface area (Å²) < 4.78 is 40.0. The molecule has 0 saturated heterocycles. The van der Waals surface area contributed by atoms with Gasteiger partial charge < -0.3 is 14.0 Å². The molecule has 1 aliphatic heterocycles. The summed E-state index contributed by atoms with van der Waals surface area (Å²) in [5.74, 6) is 0.631. The molecule has 1 aromatic carbocycles. The molecule has 3 rings (SSSR count). The third kappa shape index (κ3) is 3.19. The smallest absolute Gasteiger partial charge is 0.243 e. The van der Waals surface area contributed by atoms with E-state index >= 15 is 0 Å². The van der Waals surface area contributed by atoms with E-state index in [0.29, 0.717) is 32.1 Å². The van der Waals surface area contributed by atoms with Crippen LogP contribution in [0.25, 0.3) is 0 Å². The lowest BCUT2D eigenvalue weighted by atomic mass is 10.2. The molecule has 0 fully saturated rings. The first-order chi connectivity index (χ1) is 11.5. The lowest BCUT2D eigenvalue weighted by Gasteiger charge is -2.33. The van der Waals surface area contributed by atoms with E-state index in [-0.39, 0.29) is 10.9 Å². The lowest BCUT2D eigenvalue weighted by Crippen LogP contribution is -2.40. The number of hydrogen-bond donors (Lipinski definition) is 0. The molecule has 24 heavy (non-hydrogen) atoms. The minimum Gasteiger partial charge on any atom is -0.491 e. The van der Waals surface area contributed by atoms with Crippen LogP contribution in [0.1, 0.15) is 18.7 Å². The average molecular weight is 350 g/mol. The van der Waals surface area contributed by atoms with Gasteiger partial charge in [0.25, 0.3) is 0 Å². The van der Waals surface area contributed by atoms with E-state index < -0.39 is 10.0 Å². The fourth-order valence-corrected chi connectivity index (χ4v) is 4.57. The number of fused-ring (bicyclic) bond motifs is 1. The summed E-state index contributed by atoms with van der Waals surface area (Å²) in [4.78, 5) is 0.286. The van der Waals surface area contributed by atoms with Crippen molar-refractivity contribution in [2.45, 2.75) is 24.4 Å². The Kier molecular flexibility index (Phi) is 4.93. The summed E-state index contributed by atoms with van der Waals surface area (Å²) in [5, 5.41) is 0. The number of nitrogens with zero attached hydrogens (tertiary/aromatic N) is 2. The predicted octanol–water partition coefficient (Wildman–Crippen LogP) is 2.28. The van der Waals surface area contributed by atoms with Crippen LogP contribution in [0.2, 0.25) is 0 Å². The first-order valence-corrected chi connectivity index (χ1v) is 9.37. The van der Waals surface area contributed by atoms with Crippen LogP contribution in [0.15, 0.2) is 47.5 Å². The van der Waals surface area contributed by atoms with Crippen LogP contribution in [0.5, 0.6) is 5.75 Å². The van der Waals surface area contributed by atoms with Crippen molar-refractivity contribution in [3.8, 4) is 5.75 Å². The van der Waals surface area contributed by atoms with E-state index in [1.54, 1.807) is 35.7 Å². The van der Waals surface area contributed by atoms with E-state index in [1.165, 1.54) is 0 Å². The maximum Gasteiger partial charge on any atom is 0.243 e. The highest BCUT2D eigenvalue weighted by Gasteiger charge is 2.33. The molecule has 0 aliphatic carbocycles. The Hall–Kier alpha value is -1.83. The van der Waals surface area contributed by atoms with E-state index in [9.17, 15) is 8.42 Å². The van der Waals surface area contributed by atoms with E-state index in [1.807, 2.05) is 25.3 Å². The SMILES string of the molecule is COCCOc1ccc(S(=O)(=O)N2CCn3cccc3C2C)cc1. The monoisotopic (exact) mass is 350 g/mol. The molecular formula is C17H22N2O4S. The third-order valence-corrected chi connectivity index (χ3v) is 6.26. The van der Waals surface area contributed by atoms with Gasteiger partial charge in [-0.15, -0.1) is 0 Å². The van der Waals surface area contributed by atoms with Crippen molar-refractivity contribution in [3.05, 3.63) is 48.3 Å². The van der Waals surface area contributed by atoms with Crippen LogP contribution in [-0.2, 0) is 21.3 Å². The number of rotatable bonds is 6. The molecule has 1 atom stereocenters. The van der Waals surface area contributed by atoms with Crippen LogP contribution < -0.4 is 4.74 Å². The van der Waals surface area contributed by atoms with Gasteiger partial charge in [0.05, 0.1) is 17.5 Å². The number of methoxy groups -OCH3 is 1. The fraction of sp³-hybridized carbons (Fsp3) is 0.412. The van der Waals surface area contributed by atoms with Crippen molar-refractivity contribution < 1.29 is 17.9 Å². The van der Waals surface area contributed by atoms with Crippen molar-refractivity contribution in [2.24, 2.45) is 0 Å². The highest BCUT2D eigenvalue weighted by molar-refractivity contribution is 7.89. The maximum atomic E-state index is 13.0. The van der Waals surface area contributed by atoms with Gasteiger partial charge in [-0.2, -0.15) is 4.31 Å². The van der Waals surface area contributed by atoms with Crippen LogP contribution in [0.3, 0.4) is 0 Å². The van der Waals surface area contributed by atoms with Crippen molar-refractivity contribution in [1.29, 1.82) is 0 Å². The Balaban J connectivity index is 1.78. The van der Waals surface area contributed by atoms with Crippen molar-refractivity contribution in [1.82, 2.24) is 8.87 Å². The summed E-state index contributed by atoms with van der Waals surface area (Å²) in [6.07, 6.45) is 1.99. The summed E-state index contributed by atoms with van der Waals surface area (Å²) in [6.45, 7) is 3.99. The second kappa shape index (κ2) is 6.96. The molecule has 1 aromatic heterocycles. The topological polar surface area (TPSA) is 60.8 Å². The number of aromatic nitrogens is 1. The summed E-state index contributed by atoms with van der Waals surface area (Å²) in [5.41, 5.74) is 1.02. The Morgan fingerprint density at radius 3 is 2.58 bits per heavy atom. The minimum atomic E-state index is -3.53. The molecule has 0 radical (unpaired) electrons. The molecular weight excluding hydrogens is 328 g/mol. The molecule has 7 heteroatoms. The highest BCUT2D eigenvalue weighted by atomic mass is 32.2. The van der Waals surface area contributed by atoms with Crippen LogP contribution in [0, 0.1) is 0 Å². The number of ether oxygens (including phenoxy) is 2. The number of benzene rings is 1. The zero-order valence-corrected chi connectivity index (χ0v) is 14.7. The molecule has 0 bridgehead atoms. The van der Waals surface area contributed by atoms with Gasteiger partial charge in [-0.1, -0.05) is 0 Å². The first-order valence-electron chi connectivity index (χ1n) is 7.92. The minimum absolute atomic E-state index is 0.184. The molecule has 0 saturated carbocycles. The Labute approximate surface area is 142 Å². The summed E-state index contributed by atoms with van der Waals surface area (Å²) >= 11 is 0. The highest BCUT2D eigenvalue weighted by Crippen LogP contribution is 2.31. The molecule has 2 aromatic rings. The van der Waals surface area contributed by atoms with E-state index in [0.717, 1.165) is 5.69 Å². The second-order valence-corrected chi connectivity index (χ2v) is 7.62. The van der Waals surface area contributed by atoms with Crippen LogP contribution in [0.4, 0.5) is 0 Å². The zero-order valence-electron chi connectivity index (χ0n) is 13.9. The molecule has 1 aliphatic rings. The third-order valence-electron chi connectivity index (χ3n) is 4.27. The van der Waals surface area contributed by atoms with Gasteiger partial charge in [-0.25, -0.2) is 8.42 Å². The molecule has 0 amide bonds. The van der Waals surface area contributed by atoms with Crippen LogP contribution >= 0.6 is 0 Å². The quantitative estimate of drug-likeness (QED) is 0.750. The van der Waals surface area contributed by atoms with Crippen molar-refractivity contribution in [3.63, 3.8) is 0 Å². The van der Waals surface area contributed by atoms with Crippen molar-refractivity contribution in [2.75, 3.05) is 26.9 Å². The van der Waals surface area contributed by atoms with E-state index in [4.69, 9.17) is 9.47 Å². The van der Waals surface area contributed by atoms with Gasteiger partial charge >= 0.3 is 0 Å². The van der Waals surface area contributed by atoms with E-state index in [2.05, 4.69) is 4.57 Å². The number of hydrogen-bond acceptors (Lipinski definition) is 4. The molecule has 2 heterocycles. The summed E-state index contributed by atoms with van der Waals surface area (Å²) in [6, 6.07) is 10.3. The standard InChI is InChI=1S/C17H22N2O4S/c1-14-17-4-3-9-18(17)10-11-19(14)24(20,21)16-7-5-15(6-8-16)23-13-12-22-2/h3-9,14H,10-13H2,1-2H3. The fourth-order valence-electron chi connectivity index (χ4n) is 2.97. The van der Waals surface area contributed by atoms with Crippen molar-refractivity contribution >= 4 is 10.0 Å². The lowest BCUT2D eigenvalue weighted by molar-refractivity contribution is 0.146. The molecule has 6 nitrogen and oxygen atoms in total. The predicted molar refractivity (Wildman–Crippen MR) is 90.6 cm³/mol. The Bertz CT molecular complexity index is 783. The first kappa shape index (κ1) is 17.0. The molecule has 130 valence electrons. The molecule has 1 unspecified atom stereocenters. The summed E-state index contributed by atoms with van der Waals surface area (Å²) in [7, 11) is -1.93. The maximum absolute atomic E-state index is 13.0. The van der Waals surface area contributed by atoms with Gasteiger partial charge in [0.15, 0.2) is 0 Å². The second-order valence-electron chi connectivity index (χ2n) is 5.73. The van der Waals surface area contributed by atoms with Gasteiger partial charge in [0, 0.05) is 32.1 Å². The van der Waals surface area contributed by atoms with Gasteiger partial charge in [-0.3, -0.25) is 0 Å². The van der Waals surface area contributed by atoms with Gasteiger partial charge in [-0.05, 0) is 43.3 Å². The largest absolute Gasteiger partial charge is 0.491 e. The number of sulfonamides is 1.